The number of carbonyl (C=O) groups is 1. The first-order valence-corrected chi connectivity index (χ1v) is 7.15. The van der Waals surface area contributed by atoms with E-state index in [4.69, 9.17) is 0 Å². The van der Waals surface area contributed by atoms with Gasteiger partial charge >= 0.3 is 6.03 Å². The molecule has 1 aromatic rings. The third-order valence-electron chi connectivity index (χ3n) is 2.76. The van der Waals surface area contributed by atoms with Gasteiger partial charge in [0.25, 0.3) is 0 Å². The van der Waals surface area contributed by atoms with Crippen LogP contribution < -0.4 is 14.9 Å². The Bertz CT molecular complexity index is 507. The fraction of sp³-hybridized carbons (Fsp3) is 0.417. The molecular formula is C12H18N3O4S-. The number of aliphatic hydroxyl groups excluding tert-OH is 1. The summed E-state index contributed by atoms with van der Waals surface area (Å²) in [5.41, 5.74) is 2.07. The minimum Gasteiger partial charge on any atom is -0.755 e. The van der Waals surface area contributed by atoms with Crippen LogP contribution in [0, 0.1) is 6.92 Å². The number of hydrogen-bond acceptors (Lipinski definition) is 5. The molecule has 2 atom stereocenters. The lowest BCUT2D eigenvalue weighted by Crippen LogP contribution is -2.32. The van der Waals surface area contributed by atoms with Crippen molar-refractivity contribution in [3.8, 4) is 0 Å². The van der Waals surface area contributed by atoms with Crippen LogP contribution in [-0.4, -0.2) is 32.7 Å². The molecule has 2 amide bonds. The van der Waals surface area contributed by atoms with Crippen molar-refractivity contribution in [3.63, 3.8) is 0 Å². The number of nitrogens with one attached hydrogen (secondary N) is 2. The molecule has 0 aromatic heterocycles. The highest BCUT2D eigenvalue weighted by molar-refractivity contribution is 7.77. The van der Waals surface area contributed by atoms with Gasteiger partial charge in [0.15, 0.2) is 0 Å². The van der Waals surface area contributed by atoms with Crippen molar-refractivity contribution in [3.05, 3.63) is 23.8 Å². The predicted molar refractivity (Wildman–Crippen MR) is 77.0 cm³/mol. The van der Waals surface area contributed by atoms with Gasteiger partial charge in [0, 0.05) is 29.2 Å². The van der Waals surface area contributed by atoms with Gasteiger partial charge in [0.1, 0.15) is 6.23 Å². The number of anilines is 2. The third-order valence-corrected chi connectivity index (χ3v) is 3.11. The van der Waals surface area contributed by atoms with Gasteiger partial charge in [-0.05, 0) is 44.5 Å². The number of carbonyl (C=O) groups excluding carboxylic acids is 1. The first-order chi connectivity index (χ1) is 9.35. The van der Waals surface area contributed by atoms with Crippen LogP contribution in [0.15, 0.2) is 18.2 Å². The Kier molecular flexibility index (Phi) is 5.93. The minimum absolute atomic E-state index is 0.498. The molecule has 0 fully saturated rings. The summed E-state index contributed by atoms with van der Waals surface area (Å²) in [6.45, 7) is 6.01. The molecule has 20 heavy (non-hydrogen) atoms. The topological polar surface area (TPSA) is 105 Å². The molecule has 0 saturated heterocycles. The van der Waals surface area contributed by atoms with Crippen LogP contribution in [0.1, 0.15) is 19.4 Å². The zero-order valence-electron chi connectivity index (χ0n) is 11.5. The molecule has 7 nitrogen and oxygen atoms in total. The number of rotatable bonds is 5. The Labute approximate surface area is 120 Å². The summed E-state index contributed by atoms with van der Waals surface area (Å²) >= 11 is -2.65. The normalized spacial score (nSPS) is 13.4. The van der Waals surface area contributed by atoms with Crippen molar-refractivity contribution in [2.45, 2.75) is 27.0 Å². The van der Waals surface area contributed by atoms with Gasteiger partial charge in [-0.3, -0.25) is 8.93 Å². The molecule has 0 radical (unpaired) electrons. The van der Waals surface area contributed by atoms with Crippen molar-refractivity contribution >= 4 is 28.7 Å². The average Bonchev–Trinajstić information content (AvgIpc) is 2.32. The maximum atomic E-state index is 11.3. The lowest BCUT2D eigenvalue weighted by molar-refractivity contribution is 0.190. The summed E-state index contributed by atoms with van der Waals surface area (Å²) in [4.78, 5) is 13.1. The van der Waals surface area contributed by atoms with Gasteiger partial charge in [-0.25, -0.2) is 4.79 Å². The Hall–Kier alpha value is -1.64. The monoisotopic (exact) mass is 300 g/mol. The molecule has 0 aliphatic rings. The quantitative estimate of drug-likeness (QED) is 0.557. The van der Waals surface area contributed by atoms with E-state index in [9.17, 15) is 18.7 Å². The Morgan fingerprint density at radius 1 is 1.55 bits per heavy atom. The second-order valence-electron chi connectivity index (χ2n) is 4.21. The first-order valence-electron chi connectivity index (χ1n) is 6.07. The average molecular weight is 300 g/mol. The van der Waals surface area contributed by atoms with Crippen LogP contribution in [0.3, 0.4) is 0 Å². The van der Waals surface area contributed by atoms with Gasteiger partial charge < -0.3 is 19.9 Å². The summed E-state index contributed by atoms with van der Waals surface area (Å²) in [5.74, 6) is 0. The largest absolute Gasteiger partial charge is 0.755 e. The number of amides is 2. The summed E-state index contributed by atoms with van der Waals surface area (Å²) in [5, 5.41) is 12.1. The fourth-order valence-corrected chi connectivity index (χ4v) is 2.06. The highest BCUT2D eigenvalue weighted by Gasteiger charge is 2.11. The zero-order valence-corrected chi connectivity index (χ0v) is 12.4. The highest BCUT2D eigenvalue weighted by Crippen LogP contribution is 2.23. The van der Waals surface area contributed by atoms with E-state index >= 15 is 0 Å². The lowest BCUT2D eigenvalue weighted by atomic mass is 10.1. The maximum absolute atomic E-state index is 11.3. The second kappa shape index (κ2) is 7.22. The molecule has 0 bridgehead atoms. The van der Waals surface area contributed by atoms with Crippen LogP contribution in [0.25, 0.3) is 0 Å². The van der Waals surface area contributed by atoms with E-state index in [1.807, 2.05) is 6.92 Å². The molecule has 1 aromatic carbocycles. The summed E-state index contributed by atoms with van der Waals surface area (Å²) in [7, 11) is 0. The van der Waals surface area contributed by atoms with Crippen LogP contribution in [-0.2, 0) is 11.3 Å². The van der Waals surface area contributed by atoms with Gasteiger partial charge in [-0.1, -0.05) is 0 Å². The van der Waals surface area contributed by atoms with Crippen molar-refractivity contribution in [1.82, 2.24) is 4.72 Å². The fourth-order valence-electron chi connectivity index (χ4n) is 1.85. The standard InChI is InChI=1S/C12H19N3O4S/c1-4-15(9(3)16)10-5-6-11(8(2)7-10)13-12(17)14-20(18)19/h5-7,9,16H,4H2,1-3H3,(H,18,19)(H2,13,14,17)/p-1. The lowest BCUT2D eigenvalue weighted by Gasteiger charge is -2.27. The molecule has 8 heteroatoms. The number of hydrogen-bond donors (Lipinski definition) is 3. The van der Waals surface area contributed by atoms with Gasteiger partial charge in [0.2, 0.25) is 0 Å². The van der Waals surface area contributed by atoms with Crippen molar-refractivity contribution in [2.75, 3.05) is 16.8 Å². The molecule has 3 N–H and O–H groups in total. The molecule has 0 saturated carbocycles. The molecule has 0 spiro atoms. The van der Waals surface area contributed by atoms with Crippen molar-refractivity contribution in [1.29, 1.82) is 0 Å². The number of nitrogens with zero attached hydrogens (tertiary/aromatic N) is 1. The van der Waals surface area contributed by atoms with E-state index in [1.54, 1.807) is 41.7 Å². The third kappa shape index (κ3) is 4.48. The molecule has 2 unspecified atom stereocenters. The van der Waals surface area contributed by atoms with Crippen LogP contribution in [0.2, 0.25) is 0 Å². The SMILES string of the molecule is CCN(c1ccc(NC(=O)NS(=O)[O-])c(C)c1)C(C)O. The molecule has 112 valence electrons. The Morgan fingerprint density at radius 2 is 2.20 bits per heavy atom. The smallest absolute Gasteiger partial charge is 0.330 e. The molecule has 0 heterocycles. The van der Waals surface area contributed by atoms with Crippen LogP contribution >= 0.6 is 0 Å². The Balaban J connectivity index is 2.88. The molecule has 0 aliphatic carbocycles. The van der Waals surface area contributed by atoms with E-state index in [0.717, 1.165) is 11.3 Å². The minimum atomic E-state index is -2.65. The number of aliphatic hydroxyl groups is 1. The summed E-state index contributed by atoms with van der Waals surface area (Å²) in [6, 6.07) is 4.38. The predicted octanol–water partition coefficient (Wildman–Crippen LogP) is 1.08. The van der Waals surface area contributed by atoms with E-state index < -0.39 is 23.5 Å². The van der Waals surface area contributed by atoms with Crippen LogP contribution in [0.5, 0.6) is 0 Å². The molecule has 0 aliphatic heterocycles. The van der Waals surface area contributed by atoms with E-state index in [-0.39, 0.29) is 0 Å². The molecule has 1 rings (SSSR count). The number of urea groups is 1. The second-order valence-corrected chi connectivity index (χ2v) is 4.88. The highest BCUT2D eigenvalue weighted by atomic mass is 32.2. The van der Waals surface area contributed by atoms with Gasteiger partial charge in [0.05, 0.1) is 0 Å². The summed E-state index contributed by atoms with van der Waals surface area (Å²) in [6.07, 6.45) is -0.621. The number of aryl methyl sites for hydroxylation is 1. The van der Waals surface area contributed by atoms with E-state index in [0.29, 0.717) is 12.2 Å². The van der Waals surface area contributed by atoms with Crippen molar-refractivity contribution < 1.29 is 18.7 Å². The first kappa shape index (κ1) is 16.4. The Morgan fingerprint density at radius 3 is 2.65 bits per heavy atom. The zero-order chi connectivity index (χ0) is 15.3. The van der Waals surface area contributed by atoms with Crippen molar-refractivity contribution in [2.24, 2.45) is 0 Å². The van der Waals surface area contributed by atoms with E-state index in [2.05, 4.69) is 5.32 Å². The van der Waals surface area contributed by atoms with Gasteiger partial charge in [-0.2, -0.15) is 0 Å². The van der Waals surface area contributed by atoms with Gasteiger partial charge in [-0.15, -0.1) is 0 Å². The maximum Gasteiger partial charge on any atom is 0.330 e. The van der Waals surface area contributed by atoms with E-state index in [1.165, 1.54) is 0 Å². The summed E-state index contributed by atoms with van der Waals surface area (Å²) < 4.78 is 22.4. The number of benzene rings is 1. The molecular weight excluding hydrogens is 282 g/mol. The van der Waals surface area contributed by atoms with Crippen LogP contribution in [0.4, 0.5) is 16.2 Å².